The van der Waals surface area contributed by atoms with Gasteiger partial charge in [0.1, 0.15) is 17.4 Å². The molecule has 1 aromatic carbocycles. The van der Waals surface area contributed by atoms with Gasteiger partial charge >= 0.3 is 0 Å². The molecule has 2 atom stereocenters. The number of hydrogen-bond donors (Lipinski definition) is 2. The maximum atomic E-state index is 12.6. The number of carbonyl (C=O) groups is 2. The lowest BCUT2D eigenvalue weighted by Crippen LogP contribution is -2.48. The Balaban J connectivity index is 0.762. The van der Waals surface area contributed by atoms with E-state index in [1.165, 1.54) is 41.1 Å². The van der Waals surface area contributed by atoms with Crippen LogP contribution in [0.4, 0.5) is 10.7 Å². The van der Waals surface area contributed by atoms with Crippen LogP contribution >= 0.6 is 11.3 Å². The molecule has 64 heavy (non-hydrogen) atoms. The third kappa shape index (κ3) is 7.55. The first kappa shape index (κ1) is 40.8. The SMILES string of the molecule is N#Cc1c(N)sc2c1[C@@]1(CCC2)CCCc2c(-c3nc(OCC4(CN5CCC6(CC5)CCN(c5cccc(C7CCC(=O)NC7=O)c5)CC6)CC4)cc(Oc4cncnc4)n3)noc21. The summed E-state index contributed by atoms with van der Waals surface area (Å²) in [6, 6.07) is 12.5. The second-order valence-electron chi connectivity index (χ2n) is 19.1. The molecule has 7 heterocycles. The minimum Gasteiger partial charge on any atom is -0.477 e. The van der Waals surface area contributed by atoms with Gasteiger partial charge < -0.3 is 29.5 Å². The van der Waals surface area contributed by atoms with E-state index in [1.807, 2.05) is 12.1 Å². The first-order valence-electron chi connectivity index (χ1n) is 22.9. The Bertz CT molecular complexity index is 2630. The lowest BCUT2D eigenvalue weighted by atomic mass is 9.63. The zero-order valence-electron chi connectivity index (χ0n) is 35.9. The highest BCUT2D eigenvalue weighted by Gasteiger charge is 2.50. The molecule has 0 bridgehead atoms. The van der Waals surface area contributed by atoms with Crippen LogP contribution in [0, 0.1) is 22.2 Å². The zero-order valence-corrected chi connectivity index (χ0v) is 36.8. The predicted molar refractivity (Wildman–Crippen MR) is 238 cm³/mol. The number of piperidine rings is 3. The van der Waals surface area contributed by atoms with Gasteiger partial charge in [-0.1, -0.05) is 17.3 Å². The fraction of sp³-hybridized carbons (Fsp3) is 0.500. The van der Waals surface area contributed by atoms with Crippen LogP contribution in [0.2, 0.25) is 0 Å². The summed E-state index contributed by atoms with van der Waals surface area (Å²) in [5.41, 5.74) is 11.6. The number of amides is 2. The molecule has 3 saturated heterocycles. The number of carbonyl (C=O) groups excluding carboxylic acids is 2. The van der Waals surface area contributed by atoms with Crippen molar-refractivity contribution in [2.24, 2.45) is 10.8 Å². The van der Waals surface area contributed by atoms with Crippen molar-refractivity contribution < 1.29 is 23.6 Å². The van der Waals surface area contributed by atoms with Crippen LogP contribution in [-0.4, -0.2) is 81.1 Å². The number of nitrogens with one attached hydrogen (secondary N) is 1. The Morgan fingerprint density at radius 1 is 0.938 bits per heavy atom. The van der Waals surface area contributed by atoms with Crippen molar-refractivity contribution in [2.75, 3.05) is 50.0 Å². The van der Waals surface area contributed by atoms with E-state index in [4.69, 9.17) is 29.7 Å². The molecule has 330 valence electrons. The normalized spacial score (nSPS) is 23.5. The molecule has 4 fully saturated rings. The molecular weight excluding hydrogens is 829 g/mol. The molecule has 1 saturated carbocycles. The molecule has 1 unspecified atom stereocenters. The average molecular weight is 881 g/mol. The smallest absolute Gasteiger partial charge is 0.234 e. The highest BCUT2D eigenvalue weighted by molar-refractivity contribution is 7.16. The van der Waals surface area contributed by atoms with Gasteiger partial charge in [-0.15, -0.1) is 11.3 Å². The molecule has 11 rings (SSSR count). The standard InChI is InChI=1S/C48H52N10O5S/c49-24-35-40-36(64-43(35)50)7-3-11-48(40)10-2-6-34-41(56-63-42(34)48)44-54-38(23-39(55-44)62-32-25-51-29-52-26-32)61-28-47(12-13-47)27-57-18-14-46(15-19-57)16-20-58(21-17-46)31-5-1-4-30(22-31)33-8-9-37(59)53-45(33)60/h1,4-5,22-23,25-26,29,33H,2-3,6-21,27-28,50H2,(H,53,59,60)/t33?,48-/m0/s1. The zero-order chi connectivity index (χ0) is 43.5. The Morgan fingerprint density at radius 3 is 2.47 bits per heavy atom. The van der Waals surface area contributed by atoms with Gasteiger partial charge in [0.05, 0.1) is 42.0 Å². The van der Waals surface area contributed by atoms with Gasteiger partial charge in [-0.05, 0) is 125 Å². The number of fused-ring (bicyclic) bond motifs is 4. The second-order valence-corrected chi connectivity index (χ2v) is 20.2. The summed E-state index contributed by atoms with van der Waals surface area (Å²) in [4.78, 5) is 48.6. The second kappa shape index (κ2) is 16.3. The van der Waals surface area contributed by atoms with E-state index in [1.54, 1.807) is 18.5 Å². The molecule has 3 N–H and O–H groups in total. The quantitative estimate of drug-likeness (QED) is 0.133. The Morgan fingerprint density at radius 2 is 1.70 bits per heavy atom. The van der Waals surface area contributed by atoms with Crippen LogP contribution < -0.4 is 25.4 Å². The molecule has 2 amide bonds. The number of hydrogen-bond acceptors (Lipinski definition) is 15. The molecule has 3 aliphatic carbocycles. The number of nitriles is 1. The summed E-state index contributed by atoms with van der Waals surface area (Å²) in [6.45, 7) is 5.69. The van der Waals surface area contributed by atoms with E-state index in [0.29, 0.717) is 64.5 Å². The highest BCUT2D eigenvalue weighted by atomic mass is 32.1. The van der Waals surface area contributed by atoms with Gasteiger partial charge in [-0.25, -0.2) is 9.97 Å². The van der Waals surface area contributed by atoms with Crippen LogP contribution in [0.25, 0.3) is 11.5 Å². The molecule has 0 radical (unpaired) electrons. The lowest BCUT2D eigenvalue weighted by Gasteiger charge is -2.48. The van der Waals surface area contributed by atoms with Gasteiger partial charge in [-0.2, -0.15) is 15.2 Å². The van der Waals surface area contributed by atoms with Crippen LogP contribution in [0.5, 0.6) is 17.5 Å². The number of aromatic nitrogens is 5. The number of ether oxygens (including phenoxy) is 2. The van der Waals surface area contributed by atoms with E-state index in [-0.39, 0.29) is 23.1 Å². The summed E-state index contributed by atoms with van der Waals surface area (Å²) in [5.74, 6) is 1.68. The molecule has 16 heteroatoms. The molecule has 3 aliphatic heterocycles. The van der Waals surface area contributed by atoms with Gasteiger partial charge in [0.2, 0.25) is 23.6 Å². The maximum Gasteiger partial charge on any atom is 0.234 e. The highest BCUT2D eigenvalue weighted by Crippen LogP contribution is 2.55. The lowest BCUT2D eigenvalue weighted by molar-refractivity contribution is -0.134. The minimum absolute atomic E-state index is 0.0553. The molecule has 2 spiro atoms. The minimum atomic E-state index is -0.461. The summed E-state index contributed by atoms with van der Waals surface area (Å²) < 4.78 is 19.1. The molecule has 6 aliphatic rings. The molecule has 5 aromatic rings. The number of aryl methyl sites for hydroxylation is 1. The Kier molecular flexibility index (Phi) is 10.4. The summed E-state index contributed by atoms with van der Waals surface area (Å²) >= 11 is 1.53. The van der Waals surface area contributed by atoms with E-state index in [9.17, 15) is 14.9 Å². The maximum absolute atomic E-state index is 12.6. The van der Waals surface area contributed by atoms with Crippen LogP contribution in [0.15, 0.2) is 53.6 Å². The fourth-order valence-corrected chi connectivity index (χ4v) is 12.6. The average Bonchev–Trinajstić information content (AvgIpc) is 3.78. The van der Waals surface area contributed by atoms with Gasteiger partial charge in [0.25, 0.3) is 0 Å². The van der Waals surface area contributed by atoms with Crippen LogP contribution in [0.3, 0.4) is 0 Å². The number of thiophene rings is 1. The Hall–Kier alpha value is -5.92. The van der Waals surface area contributed by atoms with Crippen molar-refractivity contribution in [1.29, 1.82) is 5.26 Å². The van der Waals surface area contributed by atoms with E-state index < -0.39 is 5.41 Å². The fourth-order valence-electron chi connectivity index (χ4n) is 11.4. The van der Waals surface area contributed by atoms with E-state index >= 15 is 0 Å². The summed E-state index contributed by atoms with van der Waals surface area (Å²) in [5, 5.41) is 17.9. The summed E-state index contributed by atoms with van der Waals surface area (Å²) in [6.07, 6.45) is 17.8. The van der Waals surface area contributed by atoms with Gasteiger partial charge in [0.15, 0.2) is 23.0 Å². The molecule has 4 aromatic heterocycles. The van der Waals surface area contributed by atoms with Crippen molar-refractivity contribution in [3.05, 3.63) is 81.9 Å². The third-order valence-corrected chi connectivity index (χ3v) is 16.2. The number of imide groups is 1. The third-order valence-electron chi connectivity index (χ3n) is 15.2. The van der Waals surface area contributed by atoms with Gasteiger partial charge in [0, 0.05) is 47.6 Å². The van der Waals surface area contributed by atoms with Crippen molar-refractivity contribution in [3.63, 3.8) is 0 Å². The molecular formula is C48H52N10O5S. The number of likely N-dealkylation sites (tertiary alicyclic amines) is 1. The number of anilines is 2. The topological polar surface area (TPSA) is 199 Å². The first-order valence-corrected chi connectivity index (χ1v) is 23.7. The van der Waals surface area contributed by atoms with Crippen molar-refractivity contribution in [2.45, 2.75) is 101 Å². The summed E-state index contributed by atoms with van der Waals surface area (Å²) in [7, 11) is 0. The largest absolute Gasteiger partial charge is 0.477 e. The van der Waals surface area contributed by atoms with E-state index in [2.05, 4.69) is 48.4 Å². The Labute approximate surface area is 375 Å². The number of nitrogens with two attached hydrogens (primary N) is 1. The van der Waals surface area contributed by atoms with E-state index in [0.717, 1.165) is 119 Å². The number of benzene rings is 1. The van der Waals surface area contributed by atoms with Crippen molar-refractivity contribution >= 4 is 33.8 Å². The van der Waals surface area contributed by atoms with Crippen LogP contribution in [0.1, 0.15) is 116 Å². The number of rotatable bonds is 10. The van der Waals surface area contributed by atoms with Gasteiger partial charge in [-0.3, -0.25) is 14.9 Å². The van der Waals surface area contributed by atoms with Crippen molar-refractivity contribution in [1.82, 2.24) is 35.3 Å². The monoisotopic (exact) mass is 880 g/mol. The first-order chi connectivity index (χ1) is 31.2. The predicted octanol–water partition coefficient (Wildman–Crippen LogP) is 7.25. The molecule has 15 nitrogen and oxygen atoms in total. The van der Waals surface area contributed by atoms with Crippen LogP contribution in [-0.2, 0) is 27.8 Å². The number of nitrogen functional groups attached to an aromatic ring is 1. The van der Waals surface area contributed by atoms with Crippen molar-refractivity contribution in [3.8, 4) is 35.1 Å². The number of nitrogens with zero attached hydrogens (tertiary/aromatic N) is 8.